The van der Waals surface area contributed by atoms with Gasteiger partial charge in [-0.15, -0.1) is 0 Å². The van der Waals surface area contributed by atoms with Crippen molar-refractivity contribution in [1.82, 2.24) is 0 Å². The Bertz CT molecular complexity index is 777. The summed E-state index contributed by atoms with van der Waals surface area (Å²) in [6, 6.07) is 9.21. The van der Waals surface area contributed by atoms with Gasteiger partial charge < -0.3 is 14.2 Å². The highest BCUT2D eigenvalue weighted by molar-refractivity contribution is 6.23. The van der Waals surface area contributed by atoms with Crippen LogP contribution in [0.25, 0.3) is 11.1 Å². The predicted molar refractivity (Wildman–Crippen MR) is 93.4 cm³/mol. The van der Waals surface area contributed by atoms with E-state index in [0.29, 0.717) is 35.0 Å². The second kappa shape index (κ2) is 6.56. The third kappa shape index (κ3) is 2.73. The number of ether oxygens (including phenoxy) is 3. The number of fused-ring (bicyclic) bond motifs is 3. The highest BCUT2D eigenvalue weighted by atomic mass is 16.5. The van der Waals surface area contributed by atoms with Gasteiger partial charge in [-0.2, -0.15) is 0 Å². The molecule has 0 saturated carbocycles. The Labute approximate surface area is 142 Å². The van der Waals surface area contributed by atoms with Crippen molar-refractivity contribution < 1.29 is 19.0 Å². The van der Waals surface area contributed by atoms with E-state index in [1.807, 2.05) is 45.0 Å². The van der Waals surface area contributed by atoms with Crippen LogP contribution < -0.4 is 14.2 Å². The summed E-state index contributed by atoms with van der Waals surface area (Å²) >= 11 is 0. The molecule has 0 unspecified atom stereocenters. The first-order chi connectivity index (χ1) is 11.6. The molecule has 4 heteroatoms. The van der Waals surface area contributed by atoms with E-state index in [1.165, 1.54) is 0 Å². The van der Waals surface area contributed by atoms with Gasteiger partial charge in [-0.05, 0) is 32.4 Å². The molecule has 126 valence electrons. The minimum Gasteiger partial charge on any atom is -0.496 e. The summed E-state index contributed by atoms with van der Waals surface area (Å²) in [6.45, 7) is 6.58. The summed E-state index contributed by atoms with van der Waals surface area (Å²) in [4.78, 5) is 12.9. The van der Waals surface area contributed by atoms with Crippen molar-refractivity contribution in [3.05, 3.63) is 41.5 Å². The fraction of sp³-hybridized carbons (Fsp3) is 0.350. The quantitative estimate of drug-likeness (QED) is 0.670. The summed E-state index contributed by atoms with van der Waals surface area (Å²) < 4.78 is 17.2. The van der Waals surface area contributed by atoms with Gasteiger partial charge in [0, 0.05) is 28.3 Å². The fourth-order valence-electron chi connectivity index (χ4n) is 2.97. The Morgan fingerprint density at radius 2 is 1.79 bits per heavy atom. The molecular formula is C20H22O4. The van der Waals surface area contributed by atoms with Crippen molar-refractivity contribution in [3.8, 4) is 28.4 Å². The molecule has 2 aromatic rings. The Hall–Kier alpha value is -2.49. The Balaban J connectivity index is 2.18. The Morgan fingerprint density at radius 3 is 2.46 bits per heavy atom. The normalized spacial score (nSPS) is 12.1. The number of benzene rings is 2. The average Bonchev–Trinajstić information content (AvgIpc) is 2.86. The van der Waals surface area contributed by atoms with Crippen LogP contribution in [0.4, 0.5) is 0 Å². The van der Waals surface area contributed by atoms with E-state index in [9.17, 15) is 4.79 Å². The van der Waals surface area contributed by atoms with Gasteiger partial charge in [0.25, 0.3) is 0 Å². The summed E-state index contributed by atoms with van der Waals surface area (Å²) in [7, 11) is 1.60. The van der Waals surface area contributed by atoms with E-state index in [-0.39, 0.29) is 11.9 Å². The molecule has 0 amide bonds. The fourth-order valence-corrected chi connectivity index (χ4v) is 2.97. The standard InChI is InChI=1S/C20H22O4/c1-5-9-23-13-10-15-19(17(11-13)22-4)18-14(20(15)21)7-6-8-16(18)24-12(2)3/h6-8,10-12H,5,9H2,1-4H3. The SMILES string of the molecule is CCCOc1cc(OC)c2c(c1)C(=O)c1cccc(OC(C)C)c1-2. The van der Waals surface area contributed by atoms with E-state index in [2.05, 4.69) is 0 Å². The Kier molecular flexibility index (Phi) is 4.47. The number of carbonyl (C=O) groups excluding carboxylic acids is 1. The van der Waals surface area contributed by atoms with Gasteiger partial charge in [0.15, 0.2) is 5.78 Å². The van der Waals surface area contributed by atoms with Crippen molar-refractivity contribution >= 4 is 5.78 Å². The summed E-state index contributed by atoms with van der Waals surface area (Å²) in [5.41, 5.74) is 2.85. The maximum atomic E-state index is 12.9. The van der Waals surface area contributed by atoms with Crippen LogP contribution in [0.3, 0.4) is 0 Å². The third-order valence-electron chi connectivity index (χ3n) is 3.90. The minimum atomic E-state index is -0.0190. The van der Waals surface area contributed by atoms with E-state index >= 15 is 0 Å². The first kappa shape index (κ1) is 16.4. The number of hydrogen-bond donors (Lipinski definition) is 0. The smallest absolute Gasteiger partial charge is 0.194 e. The monoisotopic (exact) mass is 326 g/mol. The predicted octanol–water partition coefficient (Wildman–Crippen LogP) is 4.48. The van der Waals surface area contributed by atoms with Crippen LogP contribution in [0.1, 0.15) is 43.1 Å². The number of ketones is 1. The maximum Gasteiger partial charge on any atom is 0.194 e. The van der Waals surface area contributed by atoms with Gasteiger partial charge in [0.1, 0.15) is 17.2 Å². The van der Waals surface area contributed by atoms with Crippen molar-refractivity contribution in [2.24, 2.45) is 0 Å². The van der Waals surface area contributed by atoms with Crippen LogP contribution in [0.15, 0.2) is 30.3 Å². The minimum absolute atomic E-state index is 0.0190. The van der Waals surface area contributed by atoms with Crippen LogP contribution in [0.5, 0.6) is 17.2 Å². The zero-order chi connectivity index (χ0) is 17.3. The molecule has 1 aliphatic rings. The molecule has 0 heterocycles. The molecule has 0 bridgehead atoms. The second-order valence-electron chi connectivity index (χ2n) is 6.07. The van der Waals surface area contributed by atoms with Crippen molar-refractivity contribution in [2.45, 2.75) is 33.3 Å². The maximum absolute atomic E-state index is 12.9. The number of rotatable bonds is 6. The lowest BCUT2D eigenvalue weighted by atomic mass is 10.0. The van der Waals surface area contributed by atoms with Gasteiger partial charge in [-0.25, -0.2) is 0 Å². The lowest BCUT2D eigenvalue weighted by molar-refractivity contribution is 0.104. The first-order valence-corrected chi connectivity index (χ1v) is 8.26. The third-order valence-corrected chi connectivity index (χ3v) is 3.90. The molecule has 2 aromatic carbocycles. The summed E-state index contributed by atoms with van der Waals surface area (Å²) in [6.07, 6.45) is 0.925. The van der Waals surface area contributed by atoms with E-state index in [0.717, 1.165) is 17.5 Å². The van der Waals surface area contributed by atoms with Crippen molar-refractivity contribution in [3.63, 3.8) is 0 Å². The lowest BCUT2D eigenvalue weighted by Gasteiger charge is -2.16. The average molecular weight is 326 g/mol. The molecule has 0 N–H and O–H groups in total. The molecular weight excluding hydrogens is 304 g/mol. The summed E-state index contributed by atoms with van der Waals surface area (Å²) in [5.74, 6) is 1.97. The molecule has 0 aliphatic heterocycles. The van der Waals surface area contributed by atoms with Crippen LogP contribution in [-0.2, 0) is 0 Å². The van der Waals surface area contributed by atoms with Gasteiger partial charge >= 0.3 is 0 Å². The lowest BCUT2D eigenvalue weighted by Crippen LogP contribution is -2.07. The molecule has 0 fully saturated rings. The molecule has 0 spiro atoms. The van der Waals surface area contributed by atoms with Gasteiger partial charge in [-0.1, -0.05) is 19.1 Å². The second-order valence-corrected chi connectivity index (χ2v) is 6.07. The molecule has 0 saturated heterocycles. The number of methoxy groups -OCH3 is 1. The summed E-state index contributed by atoms with van der Waals surface area (Å²) in [5, 5.41) is 0. The van der Waals surface area contributed by atoms with Crippen LogP contribution >= 0.6 is 0 Å². The molecule has 1 aliphatic carbocycles. The van der Waals surface area contributed by atoms with E-state index in [1.54, 1.807) is 13.2 Å². The number of carbonyl (C=O) groups is 1. The Morgan fingerprint density at radius 1 is 1.04 bits per heavy atom. The van der Waals surface area contributed by atoms with E-state index in [4.69, 9.17) is 14.2 Å². The molecule has 24 heavy (non-hydrogen) atoms. The highest BCUT2D eigenvalue weighted by Gasteiger charge is 2.33. The molecule has 4 nitrogen and oxygen atoms in total. The van der Waals surface area contributed by atoms with Crippen LogP contribution in [0, 0.1) is 0 Å². The van der Waals surface area contributed by atoms with Crippen LogP contribution in [0.2, 0.25) is 0 Å². The van der Waals surface area contributed by atoms with Gasteiger partial charge in [-0.3, -0.25) is 4.79 Å². The highest BCUT2D eigenvalue weighted by Crippen LogP contribution is 2.49. The molecule has 0 aromatic heterocycles. The van der Waals surface area contributed by atoms with E-state index < -0.39 is 0 Å². The van der Waals surface area contributed by atoms with Gasteiger partial charge in [0.2, 0.25) is 0 Å². The molecule has 0 radical (unpaired) electrons. The topological polar surface area (TPSA) is 44.8 Å². The van der Waals surface area contributed by atoms with Gasteiger partial charge in [0.05, 0.1) is 19.8 Å². The zero-order valence-electron chi connectivity index (χ0n) is 14.5. The largest absolute Gasteiger partial charge is 0.496 e. The molecule has 0 atom stereocenters. The first-order valence-electron chi connectivity index (χ1n) is 8.26. The molecule has 3 rings (SSSR count). The van der Waals surface area contributed by atoms with Crippen molar-refractivity contribution in [1.29, 1.82) is 0 Å². The van der Waals surface area contributed by atoms with Crippen molar-refractivity contribution in [2.75, 3.05) is 13.7 Å². The number of hydrogen-bond acceptors (Lipinski definition) is 4. The van der Waals surface area contributed by atoms with Crippen LogP contribution in [-0.4, -0.2) is 25.6 Å². The zero-order valence-corrected chi connectivity index (χ0v) is 14.5.